The Hall–Kier alpha value is -3.34. The summed E-state index contributed by atoms with van der Waals surface area (Å²) in [7, 11) is 1.57. The predicted molar refractivity (Wildman–Crippen MR) is 113 cm³/mol. The van der Waals surface area contributed by atoms with Gasteiger partial charge in [-0.15, -0.1) is 0 Å². The minimum atomic E-state index is -4.51. The smallest absolute Gasteiger partial charge is 0.416 e. The highest BCUT2D eigenvalue weighted by molar-refractivity contribution is 5.87. The van der Waals surface area contributed by atoms with E-state index in [1.165, 1.54) is 17.0 Å². The van der Waals surface area contributed by atoms with Gasteiger partial charge in [-0.2, -0.15) is 13.2 Å². The molecule has 3 aromatic rings. The van der Waals surface area contributed by atoms with E-state index in [-0.39, 0.29) is 23.1 Å². The number of nitrogens with zero attached hydrogens (tertiary/aromatic N) is 3. The third kappa shape index (κ3) is 4.33. The first kappa shape index (κ1) is 21.9. The van der Waals surface area contributed by atoms with Crippen molar-refractivity contribution in [2.24, 2.45) is 7.05 Å². The molecule has 2 aromatic heterocycles. The summed E-state index contributed by atoms with van der Waals surface area (Å²) >= 11 is 0. The van der Waals surface area contributed by atoms with Crippen LogP contribution in [-0.4, -0.2) is 33.9 Å². The first-order valence-electron chi connectivity index (χ1n) is 9.97. The van der Waals surface area contributed by atoms with E-state index in [4.69, 9.17) is 15.2 Å². The summed E-state index contributed by atoms with van der Waals surface area (Å²) in [6, 6.07) is 4.39. The van der Waals surface area contributed by atoms with Crippen LogP contribution in [0, 0.1) is 0 Å². The molecule has 0 spiro atoms. The second-order valence-corrected chi connectivity index (χ2v) is 7.69. The van der Waals surface area contributed by atoms with Crippen LogP contribution in [0.25, 0.3) is 11.0 Å². The number of aromatic nitrogens is 3. The maximum absolute atomic E-state index is 13.2. The van der Waals surface area contributed by atoms with E-state index < -0.39 is 17.8 Å². The third-order valence-electron chi connectivity index (χ3n) is 5.31. The lowest BCUT2D eigenvalue weighted by Crippen LogP contribution is -2.25. The summed E-state index contributed by atoms with van der Waals surface area (Å²) in [6.07, 6.45) is -2.79. The molecule has 1 aliphatic rings. The number of fused-ring (bicyclic) bond motifs is 1. The molecule has 1 fully saturated rings. The molecule has 1 saturated heterocycles. The van der Waals surface area contributed by atoms with E-state index >= 15 is 0 Å². The van der Waals surface area contributed by atoms with Crippen LogP contribution >= 0.6 is 0 Å². The summed E-state index contributed by atoms with van der Waals surface area (Å²) in [5, 5.41) is 3.60. The second-order valence-electron chi connectivity index (χ2n) is 7.69. The van der Waals surface area contributed by atoms with Crippen molar-refractivity contribution in [2.45, 2.75) is 31.7 Å². The first-order chi connectivity index (χ1) is 15.1. The fraction of sp³-hybridized carbons (Fsp3) is 0.381. The molecule has 0 bridgehead atoms. The van der Waals surface area contributed by atoms with Crippen LogP contribution < -0.4 is 21.3 Å². The molecule has 170 valence electrons. The zero-order valence-electron chi connectivity index (χ0n) is 17.4. The maximum atomic E-state index is 13.2. The monoisotopic (exact) mass is 449 g/mol. The highest BCUT2D eigenvalue weighted by Gasteiger charge is 2.31. The van der Waals surface area contributed by atoms with Crippen LogP contribution in [0.2, 0.25) is 0 Å². The van der Waals surface area contributed by atoms with Gasteiger partial charge in [-0.3, -0.25) is 9.36 Å². The van der Waals surface area contributed by atoms with Gasteiger partial charge < -0.3 is 20.5 Å². The van der Waals surface area contributed by atoms with Crippen molar-refractivity contribution in [2.75, 3.05) is 24.3 Å². The number of anilines is 2. The van der Waals surface area contributed by atoms with Crippen LogP contribution in [0.3, 0.4) is 0 Å². The molecular formula is C21H22F3N5O3. The lowest BCUT2D eigenvalue weighted by Gasteiger charge is -2.19. The van der Waals surface area contributed by atoms with Crippen LogP contribution in [0.1, 0.15) is 30.5 Å². The van der Waals surface area contributed by atoms with Crippen LogP contribution in [0.4, 0.5) is 24.7 Å². The van der Waals surface area contributed by atoms with Gasteiger partial charge in [0.1, 0.15) is 23.9 Å². The van der Waals surface area contributed by atoms with E-state index in [0.717, 1.165) is 12.1 Å². The minimum Gasteiger partial charge on any atom is -0.482 e. The van der Waals surface area contributed by atoms with E-state index in [9.17, 15) is 18.0 Å². The first-order valence-corrected chi connectivity index (χ1v) is 9.97. The zero-order valence-corrected chi connectivity index (χ0v) is 17.4. The van der Waals surface area contributed by atoms with Crippen molar-refractivity contribution >= 4 is 22.5 Å². The molecule has 1 aliphatic heterocycles. The summed E-state index contributed by atoms with van der Waals surface area (Å²) in [4.78, 5) is 21.1. The molecule has 0 aliphatic carbocycles. The van der Waals surface area contributed by atoms with Gasteiger partial charge >= 0.3 is 6.18 Å². The Morgan fingerprint density at radius 2 is 2.06 bits per heavy atom. The number of ether oxygens (including phenoxy) is 2. The van der Waals surface area contributed by atoms with Gasteiger partial charge in [-0.05, 0) is 30.7 Å². The Labute approximate surface area is 181 Å². The van der Waals surface area contributed by atoms with Gasteiger partial charge in [0.15, 0.2) is 5.75 Å². The number of nitrogen functional groups attached to an aromatic ring is 1. The fourth-order valence-electron chi connectivity index (χ4n) is 3.60. The molecule has 1 aromatic carbocycles. The number of rotatable bonds is 5. The quantitative estimate of drug-likeness (QED) is 0.576. The van der Waals surface area contributed by atoms with Gasteiger partial charge in [0, 0.05) is 25.2 Å². The van der Waals surface area contributed by atoms with Crippen molar-refractivity contribution in [3.63, 3.8) is 0 Å². The number of halogens is 3. The van der Waals surface area contributed by atoms with E-state index in [2.05, 4.69) is 15.3 Å². The number of aryl methyl sites for hydroxylation is 1. The molecule has 0 unspecified atom stereocenters. The molecule has 11 heteroatoms. The summed E-state index contributed by atoms with van der Waals surface area (Å²) in [5.41, 5.74) is 5.22. The topological polar surface area (TPSA) is 104 Å². The fourth-order valence-corrected chi connectivity index (χ4v) is 3.60. The van der Waals surface area contributed by atoms with Crippen LogP contribution in [0.15, 0.2) is 35.4 Å². The number of alkyl halides is 3. The van der Waals surface area contributed by atoms with Crippen molar-refractivity contribution < 1.29 is 22.6 Å². The molecule has 3 N–H and O–H groups in total. The Morgan fingerprint density at radius 1 is 1.28 bits per heavy atom. The van der Waals surface area contributed by atoms with E-state index in [1.807, 2.05) is 0 Å². The lowest BCUT2D eigenvalue weighted by molar-refractivity contribution is -0.137. The van der Waals surface area contributed by atoms with Crippen molar-refractivity contribution in [1.82, 2.24) is 14.5 Å². The van der Waals surface area contributed by atoms with Crippen LogP contribution in [-0.2, 0) is 18.0 Å². The molecule has 0 amide bonds. The molecule has 32 heavy (non-hydrogen) atoms. The highest BCUT2D eigenvalue weighted by Crippen LogP contribution is 2.34. The summed E-state index contributed by atoms with van der Waals surface area (Å²) < 4.78 is 52.0. The summed E-state index contributed by atoms with van der Waals surface area (Å²) in [6.45, 7) is 2.65. The van der Waals surface area contributed by atoms with Crippen molar-refractivity contribution in [3.8, 4) is 5.75 Å². The molecule has 0 saturated carbocycles. The average molecular weight is 449 g/mol. The molecule has 4 rings (SSSR count). The number of benzene rings is 1. The molecule has 0 radical (unpaired) electrons. The predicted octanol–water partition coefficient (Wildman–Crippen LogP) is 3.27. The molecule has 3 heterocycles. The maximum Gasteiger partial charge on any atom is 0.416 e. The van der Waals surface area contributed by atoms with Gasteiger partial charge in [0.2, 0.25) is 0 Å². The Morgan fingerprint density at radius 3 is 2.75 bits per heavy atom. The zero-order chi connectivity index (χ0) is 23.0. The lowest BCUT2D eigenvalue weighted by atomic mass is 10.0. The van der Waals surface area contributed by atoms with E-state index in [1.54, 1.807) is 20.0 Å². The number of nitrogens with one attached hydrogen (secondary N) is 1. The van der Waals surface area contributed by atoms with Gasteiger partial charge in [-0.1, -0.05) is 0 Å². The summed E-state index contributed by atoms with van der Waals surface area (Å²) in [5.74, 6) is 0.478. The van der Waals surface area contributed by atoms with Crippen molar-refractivity contribution in [3.05, 3.63) is 52.1 Å². The largest absolute Gasteiger partial charge is 0.482 e. The minimum absolute atomic E-state index is 0.00730. The van der Waals surface area contributed by atoms with E-state index in [0.29, 0.717) is 42.0 Å². The van der Waals surface area contributed by atoms with Gasteiger partial charge in [0.25, 0.3) is 5.56 Å². The number of pyridine rings is 1. The Kier molecular flexibility index (Phi) is 5.68. The Balaban J connectivity index is 1.71. The second kappa shape index (κ2) is 8.30. The van der Waals surface area contributed by atoms with Gasteiger partial charge in [0.05, 0.1) is 30.2 Å². The number of nitrogens with two attached hydrogens (primary N) is 1. The SMILES string of the molecule is C[C@@H](Nc1ncnc2c1cc(O[C@H]1CCOC1)c(=O)n2C)c1cc(N)cc(C(F)(F)F)c1. The average Bonchev–Trinajstić information content (AvgIpc) is 3.24. The number of hydrogen-bond acceptors (Lipinski definition) is 7. The molecule has 8 nitrogen and oxygen atoms in total. The molecular weight excluding hydrogens is 427 g/mol. The highest BCUT2D eigenvalue weighted by atomic mass is 19.4. The third-order valence-corrected chi connectivity index (χ3v) is 5.31. The molecule has 2 atom stereocenters. The van der Waals surface area contributed by atoms with Crippen molar-refractivity contribution in [1.29, 1.82) is 0 Å². The van der Waals surface area contributed by atoms with Crippen LogP contribution in [0.5, 0.6) is 5.75 Å². The standard InChI is InChI=1S/C21H22F3N5O3/c1-11(12-5-13(21(22,23)24)7-14(25)6-12)28-18-16-8-17(32-15-3-4-31-9-15)20(30)29(2)19(16)27-10-26-18/h5-8,10-11,15H,3-4,9,25H2,1-2H3,(H,26,27,28)/t11-,15+/m1/s1. The van der Waals surface area contributed by atoms with Gasteiger partial charge in [-0.25, -0.2) is 9.97 Å². The normalized spacial score (nSPS) is 17.5. The Bertz CT molecular complexity index is 1210. The number of hydrogen-bond donors (Lipinski definition) is 2.